The number of carbonyl (C=O) groups excluding carboxylic acids is 1. The van der Waals surface area contributed by atoms with Gasteiger partial charge >= 0.3 is 10.2 Å². The van der Waals surface area contributed by atoms with Crippen molar-refractivity contribution >= 4 is 43.4 Å². The summed E-state index contributed by atoms with van der Waals surface area (Å²) >= 11 is 3.34. The molecular formula is C19H18BrN3O3S. The smallest absolute Gasteiger partial charge is 0.322 e. The van der Waals surface area contributed by atoms with Crippen LogP contribution in [0.3, 0.4) is 0 Å². The zero-order valence-electron chi connectivity index (χ0n) is 14.6. The average Bonchev–Trinajstić information content (AvgIpc) is 2.63. The molecule has 1 heterocycles. The van der Waals surface area contributed by atoms with Crippen LogP contribution in [0.2, 0.25) is 0 Å². The van der Waals surface area contributed by atoms with E-state index in [1.54, 1.807) is 12.1 Å². The van der Waals surface area contributed by atoms with E-state index in [1.165, 1.54) is 13.1 Å². The van der Waals surface area contributed by atoms with Crippen molar-refractivity contribution in [3.63, 3.8) is 0 Å². The molecule has 2 aromatic rings. The number of nitrogens with zero attached hydrogens (tertiary/aromatic N) is 2. The van der Waals surface area contributed by atoms with Crippen LogP contribution in [0.1, 0.15) is 12.5 Å². The van der Waals surface area contributed by atoms with E-state index in [4.69, 9.17) is 0 Å². The number of halogens is 1. The van der Waals surface area contributed by atoms with Crippen molar-refractivity contribution < 1.29 is 13.2 Å². The molecule has 0 fully saturated rings. The zero-order valence-corrected chi connectivity index (χ0v) is 17.0. The molecule has 0 saturated carbocycles. The molecule has 0 saturated heterocycles. The minimum Gasteiger partial charge on any atom is -0.322 e. The number of hydrogen-bond acceptors (Lipinski definition) is 3. The van der Waals surface area contributed by atoms with E-state index >= 15 is 0 Å². The van der Waals surface area contributed by atoms with Gasteiger partial charge in [-0.1, -0.05) is 46.3 Å². The lowest BCUT2D eigenvalue weighted by atomic mass is 10.1. The monoisotopic (exact) mass is 447 g/mol. The molecule has 0 atom stereocenters. The molecule has 2 aromatic carbocycles. The first-order chi connectivity index (χ1) is 12.8. The lowest BCUT2D eigenvalue weighted by Gasteiger charge is -2.23. The van der Waals surface area contributed by atoms with Crippen LogP contribution in [-0.4, -0.2) is 30.9 Å². The summed E-state index contributed by atoms with van der Waals surface area (Å²) in [5.41, 5.74) is 2.01. The lowest BCUT2D eigenvalue weighted by Crippen LogP contribution is -2.34. The molecule has 0 radical (unpaired) electrons. The van der Waals surface area contributed by atoms with Crippen LogP contribution in [0.15, 0.2) is 75.2 Å². The molecule has 0 spiro atoms. The topological polar surface area (TPSA) is 78.8 Å². The third kappa shape index (κ3) is 4.84. The Balaban J connectivity index is 1.78. The second kappa shape index (κ2) is 8.06. The summed E-state index contributed by atoms with van der Waals surface area (Å²) in [6.07, 6.45) is 1.88. The van der Waals surface area contributed by atoms with Crippen molar-refractivity contribution in [2.45, 2.75) is 13.3 Å². The molecule has 1 aliphatic heterocycles. The molecule has 0 unspecified atom stereocenters. The van der Waals surface area contributed by atoms with Gasteiger partial charge in [-0.2, -0.15) is 8.42 Å². The molecular weight excluding hydrogens is 430 g/mol. The first-order valence-electron chi connectivity index (χ1n) is 8.26. The van der Waals surface area contributed by atoms with E-state index in [0.717, 1.165) is 14.3 Å². The first-order valence-corrected chi connectivity index (χ1v) is 10.5. The third-order valence-electron chi connectivity index (χ3n) is 4.02. The number of rotatable bonds is 5. The Morgan fingerprint density at radius 1 is 1.11 bits per heavy atom. The molecule has 1 N–H and O–H groups in total. The van der Waals surface area contributed by atoms with Gasteiger partial charge in [0.05, 0.1) is 11.3 Å². The highest BCUT2D eigenvalue weighted by Gasteiger charge is 2.27. The Labute approximate surface area is 166 Å². The summed E-state index contributed by atoms with van der Waals surface area (Å²) in [6.45, 7) is 1.72. The van der Waals surface area contributed by atoms with Crippen molar-refractivity contribution in [1.82, 2.24) is 4.31 Å². The van der Waals surface area contributed by atoms with Crippen molar-refractivity contribution in [2.24, 2.45) is 4.40 Å². The number of nitrogens with one attached hydrogen (secondary N) is 1. The maximum atomic E-state index is 12.6. The Hall–Kier alpha value is -2.45. The van der Waals surface area contributed by atoms with Crippen molar-refractivity contribution in [3.05, 3.63) is 76.4 Å². The predicted molar refractivity (Wildman–Crippen MR) is 110 cm³/mol. The Morgan fingerprint density at radius 2 is 1.78 bits per heavy atom. The fourth-order valence-electron chi connectivity index (χ4n) is 2.60. The van der Waals surface area contributed by atoms with Gasteiger partial charge in [-0.25, -0.2) is 0 Å². The van der Waals surface area contributed by atoms with Crippen LogP contribution in [0, 0.1) is 0 Å². The first kappa shape index (κ1) is 19.3. The van der Waals surface area contributed by atoms with Gasteiger partial charge in [0.15, 0.2) is 0 Å². The van der Waals surface area contributed by atoms with Crippen LogP contribution in [-0.2, 0) is 21.4 Å². The second-order valence-electron chi connectivity index (χ2n) is 6.00. The highest BCUT2D eigenvalue weighted by Crippen LogP contribution is 2.20. The highest BCUT2D eigenvalue weighted by atomic mass is 79.9. The standard InChI is InChI=1S/C19H18BrN3O3S/c1-14-18(19(24)21-17-9-7-16(20)8-10-17)13-23(27(25,26)22-14)12-11-15-5-3-2-4-6-15/h2-10,13H,11-12H2,1H3,(H,21,24). The molecule has 0 aromatic heterocycles. The number of benzene rings is 2. The SMILES string of the molecule is CC1=NS(=O)(=O)N(CCc2ccccc2)C=C1C(=O)Nc1ccc(Br)cc1. The predicted octanol–water partition coefficient (Wildman–Crippen LogP) is 3.54. The fourth-order valence-corrected chi connectivity index (χ4v) is 3.97. The van der Waals surface area contributed by atoms with Crippen LogP contribution in [0.25, 0.3) is 0 Å². The van der Waals surface area contributed by atoms with E-state index in [2.05, 4.69) is 25.6 Å². The van der Waals surface area contributed by atoms with E-state index in [-0.39, 0.29) is 17.8 Å². The van der Waals surface area contributed by atoms with Crippen molar-refractivity contribution in [1.29, 1.82) is 0 Å². The van der Waals surface area contributed by atoms with Crippen LogP contribution in [0.4, 0.5) is 5.69 Å². The molecule has 6 nitrogen and oxygen atoms in total. The van der Waals surface area contributed by atoms with Gasteiger partial charge in [0.25, 0.3) is 5.91 Å². The molecule has 1 aliphatic rings. The Bertz CT molecular complexity index is 1000. The van der Waals surface area contributed by atoms with Gasteiger partial charge in [0.1, 0.15) is 0 Å². The van der Waals surface area contributed by atoms with E-state index in [9.17, 15) is 13.2 Å². The molecule has 3 rings (SSSR count). The maximum Gasteiger partial charge on any atom is 0.344 e. The second-order valence-corrected chi connectivity index (χ2v) is 8.47. The summed E-state index contributed by atoms with van der Waals surface area (Å²) in [6, 6.07) is 16.7. The normalized spacial score (nSPS) is 15.7. The summed E-state index contributed by atoms with van der Waals surface area (Å²) in [5, 5.41) is 2.76. The molecule has 27 heavy (non-hydrogen) atoms. The molecule has 1 amide bonds. The van der Waals surface area contributed by atoms with Crippen LogP contribution < -0.4 is 5.32 Å². The average molecular weight is 448 g/mol. The van der Waals surface area contributed by atoms with Gasteiger partial charge in [0, 0.05) is 22.9 Å². The van der Waals surface area contributed by atoms with Gasteiger partial charge in [0.2, 0.25) is 0 Å². The van der Waals surface area contributed by atoms with E-state index in [1.807, 2.05) is 42.5 Å². The summed E-state index contributed by atoms with van der Waals surface area (Å²) in [5.74, 6) is -0.404. The van der Waals surface area contributed by atoms with Crippen LogP contribution >= 0.6 is 15.9 Å². The summed E-state index contributed by atoms with van der Waals surface area (Å²) in [7, 11) is -3.83. The largest absolute Gasteiger partial charge is 0.344 e. The maximum absolute atomic E-state index is 12.6. The van der Waals surface area contributed by atoms with E-state index in [0.29, 0.717) is 12.1 Å². The molecule has 0 aliphatic carbocycles. The van der Waals surface area contributed by atoms with Gasteiger partial charge in [-0.15, -0.1) is 4.40 Å². The fraction of sp³-hybridized carbons (Fsp3) is 0.158. The highest BCUT2D eigenvalue weighted by molar-refractivity contribution is 9.10. The minimum absolute atomic E-state index is 0.167. The molecule has 140 valence electrons. The minimum atomic E-state index is -3.83. The van der Waals surface area contributed by atoms with Gasteiger partial charge in [-0.3, -0.25) is 9.10 Å². The van der Waals surface area contributed by atoms with Gasteiger partial charge < -0.3 is 5.32 Å². The lowest BCUT2D eigenvalue weighted by molar-refractivity contribution is -0.112. The van der Waals surface area contributed by atoms with Crippen molar-refractivity contribution in [2.75, 3.05) is 11.9 Å². The van der Waals surface area contributed by atoms with E-state index < -0.39 is 16.1 Å². The quantitative estimate of drug-likeness (QED) is 0.760. The zero-order chi connectivity index (χ0) is 19.4. The Morgan fingerprint density at radius 3 is 2.44 bits per heavy atom. The number of hydrogen-bond donors (Lipinski definition) is 1. The van der Waals surface area contributed by atoms with Crippen LogP contribution in [0.5, 0.6) is 0 Å². The molecule has 0 bridgehead atoms. The third-order valence-corrected chi connectivity index (χ3v) is 5.94. The van der Waals surface area contributed by atoms with Crippen molar-refractivity contribution in [3.8, 4) is 0 Å². The summed E-state index contributed by atoms with van der Waals surface area (Å²) < 4.78 is 30.4. The number of amides is 1. The summed E-state index contributed by atoms with van der Waals surface area (Å²) in [4.78, 5) is 12.6. The molecule has 8 heteroatoms. The number of anilines is 1. The van der Waals surface area contributed by atoms with Gasteiger partial charge in [-0.05, 0) is 43.2 Å². The Kier molecular flexibility index (Phi) is 5.76. The number of carbonyl (C=O) groups is 1.